The van der Waals surface area contributed by atoms with E-state index >= 15 is 0 Å². The number of rotatable bonds is 2. The van der Waals surface area contributed by atoms with Crippen LogP contribution in [0.2, 0.25) is 0 Å². The van der Waals surface area contributed by atoms with Gasteiger partial charge >= 0.3 is 0 Å². The third-order valence-corrected chi connectivity index (χ3v) is 4.86. The summed E-state index contributed by atoms with van der Waals surface area (Å²) in [6, 6.07) is 6.90. The highest BCUT2D eigenvalue weighted by Gasteiger charge is 2.55. The van der Waals surface area contributed by atoms with E-state index in [9.17, 15) is 8.42 Å². The Kier molecular flexibility index (Phi) is 2.83. The zero-order valence-corrected chi connectivity index (χ0v) is 11.4. The van der Waals surface area contributed by atoms with Crippen LogP contribution in [0.25, 0.3) is 0 Å². The van der Waals surface area contributed by atoms with E-state index in [4.69, 9.17) is 4.74 Å². The summed E-state index contributed by atoms with van der Waals surface area (Å²) in [6.07, 6.45) is -0.200. The van der Waals surface area contributed by atoms with Gasteiger partial charge in [-0.3, -0.25) is 0 Å². The van der Waals surface area contributed by atoms with Crippen molar-refractivity contribution in [3.05, 3.63) is 29.8 Å². The Bertz CT molecular complexity index is 509. The summed E-state index contributed by atoms with van der Waals surface area (Å²) in [4.78, 5) is 0.347. The first-order valence-electron chi connectivity index (χ1n) is 5.69. The number of epoxide rings is 1. The van der Waals surface area contributed by atoms with Gasteiger partial charge in [0.15, 0.2) is 5.44 Å². The molecule has 0 bridgehead atoms. The van der Waals surface area contributed by atoms with Crippen molar-refractivity contribution in [3.8, 4) is 0 Å². The van der Waals surface area contributed by atoms with Crippen LogP contribution in [0.5, 0.6) is 0 Å². The molecule has 0 amide bonds. The standard InChI is InChI=1S/C13H18O3S/c1-9-5-7-10(8-6-9)17(14,15)12-11(16-12)13(2,3)4/h5-8,11-12H,1-4H3/t11-,12-/m1/s1. The minimum Gasteiger partial charge on any atom is -0.351 e. The van der Waals surface area contributed by atoms with Gasteiger partial charge in [0.05, 0.1) is 4.90 Å². The molecule has 94 valence electrons. The van der Waals surface area contributed by atoms with E-state index < -0.39 is 15.3 Å². The second-order valence-electron chi connectivity index (χ2n) is 5.65. The molecule has 4 heteroatoms. The minimum atomic E-state index is -3.34. The predicted molar refractivity (Wildman–Crippen MR) is 66.5 cm³/mol. The maximum absolute atomic E-state index is 12.2. The van der Waals surface area contributed by atoms with E-state index in [0.717, 1.165) is 5.56 Å². The number of hydrogen-bond donors (Lipinski definition) is 0. The zero-order chi connectivity index (χ0) is 12.8. The Morgan fingerprint density at radius 3 is 2.06 bits per heavy atom. The van der Waals surface area contributed by atoms with Gasteiger partial charge in [0.1, 0.15) is 6.10 Å². The molecule has 0 saturated carbocycles. The number of sulfone groups is 1. The van der Waals surface area contributed by atoms with Crippen LogP contribution >= 0.6 is 0 Å². The maximum Gasteiger partial charge on any atom is 0.207 e. The van der Waals surface area contributed by atoms with Crippen LogP contribution in [0.3, 0.4) is 0 Å². The zero-order valence-electron chi connectivity index (χ0n) is 10.6. The molecule has 0 N–H and O–H groups in total. The molecule has 3 nitrogen and oxygen atoms in total. The van der Waals surface area contributed by atoms with E-state index in [0.29, 0.717) is 4.90 Å². The van der Waals surface area contributed by atoms with Gasteiger partial charge in [-0.15, -0.1) is 0 Å². The Hall–Kier alpha value is -0.870. The average molecular weight is 254 g/mol. The molecule has 0 unspecified atom stereocenters. The summed E-state index contributed by atoms with van der Waals surface area (Å²) < 4.78 is 29.8. The first-order chi connectivity index (χ1) is 7.73. The topological polar surface area (TPSA) is 46.7 Å². The molecular formula is C13H18O3S. The molecule has 0 aromatic heterocycles. The monoisotopic (exact) mass is 254 g/mol. The lowest BCUT2D eigenvalue weighted by atomic mass is 9.93. The number of benzene rings is 1. The molecule has 0 aliphatic carbocycles. The highest BCUT2D eigenvalue weighted by molar-refractivity contribution is 7.92. The summed E-state index contributed by atoms with van der Waals surface area (Å²) in [5, 5.41) is 0. The first kappa shape index (κ1) is 12.6. The summed E-state index contributed by atoms with van der Waals surface area (Å²) in [5.74, 6) is 0. The van der Waals surface area contributed by atoms with Gasteiger partial charge < -0.3 is 4.74 Å². The van der Waals surface area contributed by atoms with Crippen LogP contribution in [-0.4, -0.2) is 20.0 Å². The van der Waals surface area contributed by atoms with Gasteiger partial charge in [0.25, 0.3) is 0 Å². The van der Waals surface area contributed by atoms with Crippen molar-refractivity contribution >= 4 is 9.84 Å². The first-order valence-corrected chi connectivity index (χ1v) is 7.23. The van der Waals surface area contributed by atoms with E-state index in [-0.39, 0.29) is 11.5 Å². The second kappa shape index (κ2) is 3.82. The van der Waals surface area contributed by atoms with Crippen LogP contribution < -0.4 is 0 Å². The highest BCUT2D eigenvalue weighted by atomic mass is 32.2. The minimum absolute atomic E-state index is 0.136. The van der Waals surface area contributed by atoms with Crippen LogP contribution in [0.1, 0.15) is 26.3 Å². The van der Waals surface area contributed by atoms with Crippen LogP contribution in [-0.2, 0) is 14.6 Å². The Morgan fingerprint density at radius 1 is 1.12 bits per heavy atom. The smallest absolute Gasteiger partial charge is 0.207 e. The van der Waals surface area contributed by atoms with Gasteiger partial charge in [0, 0.05) is 0 Å². The van der Waals surface area contributed by atoms with Crippen molar-refractivity contribution in [2.24, 2.45) is 5.41 Å². The lowest BCUT2D eigenvalue weighted by molar-refractivity contribution is 0.264. The summed E-state index contributed by atoms with van der Waals surface area (Å²) in [5.41, 5.74) is 0.237. The van der Waals surface area contributed by atoms with Crippen molar-refractivity contribution in [1.82, 2.24) is 0 Å². The molecule has 1 heterocycles. The van der Waals surface area contributed by atoms with Gasteiger partial charge in [0.2, 0.25) is 9.84 Å². The molecule has 1 aromatic rings. The van der Waals surface area contributed by atoms with Gasteiger partial charge in [-0.05, 0) is 24.5 Å². The molecule has 1 aromatic carbocycles. The van der Waals surface area contributed by atoms with Crippen LogP contribution in [0, 0.1) is 12.3 Å². The van der Waals surface area contributed by atoms with E-state index in [1.807, 2.05) is 27.7 Å². The molecule has 0 spiro atoms. The van der Waals surface area contributed by atoms with Crippen molar-refractivity contribution < 1.29 is 13.2 Å². The SMILES string of the molecule is Cc1ccc(S(=O)(=O)[C@H]2O[C@H]2C(C)(C)C)cc1. The fourth-order valence-corrected chi connectivity index (χ4v) is 3.59. The van der Waals surface area contributed by atoms with Crippen molar-refractivity contribution in [2.45, 2.75) is 44.1 Å². The Balaban J connectivity index is 2.25. The molecule has 1 saturated heterocycles. The number of aryl methyl sites for hydroxylation is 1. The molecule has 17 heavy (non-hydrogen) atoms. The molecule has 2 atom stereocenters. The van der Waals surface area contributed by atoms with Crippen LogP contribution in [0.15, 0.2) is 29.2 Å². The highest BCUT2D eigenvalue weighted by Crippen LogP contribution is 2.43. The second-order valence-corrected chi connectivity index (χ2v) is 7.68. The normalized spacial score (nSPS) is 24.7. The molecular weight excluding hydrogens is 236 g/mol. The number of ether oxygens (including phenoxy) is 1. The molecule has 1 fully saturated rings. The molecule has 2 rings (SSSR count). The molecule has 0 radical (unpaired) electrons. The third-order valence-electron chi connectivity index (χ3n) is 2.96. The largest absolute Gasteiger partial charge is 0.351 e. The summed E-state index contributed by atoms with van der Waals surface area (Å²) >= 11 is 0. The van der Waals surface area contributed by atoms with Crippen molar-refractivity contribution in [2.75, 3.05) is 0 Å². The number of hydrogen-bond acceptors (Lipinski definition) is 3. The predicted octanol–water partition coefficient (Wildman–Crippen LogP) is 2.54. The Labute approximate surface area is 103 Å². The summed E-state index contributed by atoms with van der Waals surface area (Å²) in [7, 11) is -3.34. The average Bonchev–Trinajstić information content (AvgIpc) is 2.96. The van der Waals surface area contributed by atoms with Gasteiger partial charge in [-0.25, -0.2) is 8.42 Å². The fraction of sp³-hybridized carbons (Fsp3) is 0.538. The van der Waals surface area contributed by atoms with Gasteiger partial charge in [-0.2, -0.15) is 0 Å². The van der Waals surface area contributed by atoms with Crippen molar-refractivity contribution in [1.29, 1.82) is 0 Å². The fourth-order valence-electron chi connectivity index (χ4n) is 1.81. The van der Waals surface area contributed by atoms with Crippen LogP contribution in [0.4, 0.5) is 0 Å². The summed E-state index contributed by atoms with van der Waals surface area (Å²) in [6.45, 7) is 7.90. The van der Waals surface area contributed by atoms with E-state index in [1.54, 1.807) is 24.3 Å². The van der Waals surface area contributed by atoms with Crippen molar-refractivity contribution in [3.63, 3.8) is 0 Å². The van der Waals surface area contributed by atoms with E-state index in [2.05, 4.69) is 0 Å². The lowest BCUT2D eigenvalue weighted by Gasteiger charge is -2.14. The quantitative estimate of drug-likeness (QED) is 0.762. The molecule has 1 aliphatic heterocycles. The lowest BCUT2D eigenvalue weighted by Crippen LogP contribution is -2.21. The third kappa shape index (κ3) is 2.38. The van der Waals surface area contributed by atoms with E-state index in [1.165, 1.54) is 0 Å². The molecule has 1 aliphatic rings. The maximum atomic E-state index is 12.2. The Morgan fingerprint density at radius 2 is 1.65 bits per heavy atom. The van der Waals surface area contributed by atoms with Gasteiger partial charge in [-0.1, -0.05) is 38.5 Å².